The van der Waals surface area contributed by atoms with Gasteiger partial charge >= 0.3 is 45.6 Å². The molecule has 186 valence electrons. The molecule has 1 aromatic carbocycles. The third-order valence-corrected chi connectivity index (χ3v) is 6.61. The Balaban J connectivity index is 0.0000102. The van der Waals surface area contributed by atoms with Crippen LogP contribution in [0.1, 0.15) is 114 Å². The maximum absolute atomic E-state index is 11.9. The zero-order valence-corrected chi connectivity index (χ0v) is 20.8. The molecule has 0 saturated heterocycles. The SMILES string of the molecule is CCCCCCCCCCCCCCCCNc1ccc(C(=O)OC(C)S(=O)(=O)O)cc1.[NaH]. The molecule has 0 aliphatic heterocycles. The van der Waals surface area contributed by atoms with Crippen LogP contribution in [-0.4, -0.2) is 60.5 Å². The molecule has 0 bridgehead atoms. The van der Waals surface area contributed by atoms with Crippen LogP contribution in [0.5, 0.6) is 0 Å². The number of anilines is 1. The Labute approximate surface area is 223 Å². The Kier molecular flexibility index (Phi) is 19.3. The van der Waals surface area contributed by atoms with Crippen LogP contribution in [0.25, 0.3) is 0 Å². The van der Waals surface area contributed by atoms with Crippen LogP contribution in [0.3, 0.4) is 0 Å². The molecule has 0 heterocycles. The van der Waals surface area contributed by atoms with Gasteiger partial charge in [0, 0.05) is 12.2 Å². The van der Waals surface area contributed by atoms with Crippen molar-refractivity contribution in [3.8, 4) is 0 Å². The summed E-state index contributed by atoms with van der Waals surface area (Å²) in [7, 11) is -4.40. The maximum atomic E-state index is 11.9. The first-order valence-corrected chi connectivity index (χ1v) is 13.9. The number of nitrogens with one attached hydrogen (secondary N) is 1. The summed E-state index contributed by atoms with van der Waals surface area (Å²) in [5, 5.41) is 3.33. The molecule has 0 fully saturated rings. The molecular weight excluding hydrogens is 449 g/mol. The number of carbonyl (C=O) groups excluding carboxylic acids is 1. The van der Waals surface area contributed by atoms with Crippen LogP contribution in [0.2, 0.25) is 0 Å². The van der Waals surface area contributed by atoms with E-state index in [2.05, 4.69) is 12.2 Å². The molecule has 1 unspecified atom stereocenters. The quantitative estimate of drug-likeness (QED) is 0.101. The first-order chi connectivity index (χ1) is 15.3. The van der Waals surface area contributed by atoms with Crippen molar-refractivity contribution < 1.29 is 22.5 Å². The molecule has 1 atom stereocenters. The fraction of sp³-hybridized carbons (Fsp3) is 0.720. The van der Waals surface area contributed by atoms with Crippen LogP contribution in [-0.2, 0) is 14.9 Å². The molecule has 0 aliphatic rings. The second-order valence-corrected chi connectivity index (χ2v) is 10.3. The van der Waals surface area contributed by atoms with Gasteiger partial charge in [-0.25, -0.2) is 4.79 Å². The second-order valence-electron chi connectivity index (χ2n) is 8.59. The molecule has 0 amide bonds. The van der Waals surface area contributed by atoms with E-state index >= 15 is 0 Å². The van der Waals surface area contributed by atoms with Gasteiger partial charge in [-0.05, 0) is 37.6 Å². The summed E-state index contributed by atoms with van der Waals surface area (Å²) >= 11 is 0. The van der Waals surface area contributed by atoms with E-state index in [9.17, 15) is 13.2 Å². The van der Waals surface area contributed by atoms with Crippen LogP contribution < -0.4 is 5.32 Å². The van der Waals surface area contributed by atoms with Crippen LogP contribution >= 0.6 is 0 Å². The van der Waals surface area contributed by atoms with E-state index < -0.39 is 21.5 Å². The van der Waals surface area contributed by atoms with Gasteiger partial charge < -0.3 is 10.1 Å². The van der Waals surface area contributed by atoms with Gasteiger partial charge in [0.1, 0.15) is 0 Å². The van der Waals surface area contributed by atoms with Gasteiger partial charge in [0.25, 0.3) is 0 Å². The number of esters is 1. The molecule has 2 N–H and O–H groups in total. The number of benzene rings is 1. The van der Waals surface area contributed by atoms with E-state index in [1.165, 1.54) is 83.5 Å². The second kappa shape index (κ2) is 19.7. The van der Waals surface area contributed by atoms with Crippen molar-refractivity contribution in [1.29, 1.82) is 0 Å². The molecule has 1 aromatic rings. The normalized spacial score (nSPS) is 12.1. The molecule has 1 rings (SSSR count). The predicted octanol–water partition coefficient (Wildman–Crippen LogP) is 6.32. The van der Waals surface area contributed by atoms with Crippen molar-refractivity contribution in [2.75, 3.05) is 11.9 Å². The number of ether oxygens (including phenoxy) is 1. The van der Waals surface area contributed by atoms with E-state index in [1.807, 2.05) is 0 Å². The minimum atomic E-state index is -4.40. The van der Waals surface area contributed by atoms with Crippen LogP contribution in [0.15, 0.2) is 24.3 Å². The summed E-state index contributed by atoms with van der Waals surface area (Å²) in [6.45, 7) is 4.25. The van der Waals surface area contributed by atoms with Crippen molar-refractivity contribution in [1.82, 2.24) is 0 Å². The monoisotopic (exact) mass is 493 g/mol. The Morgan fingerprint density at radius 1 is 0.848 bits per heavy atom. The number of carbonyl (C=O) groups is 1. The van der Waals surface area contributed by atoms with Gasteiger partial charge in [-0.15, -0.1) is 0 Å². The summed E-state index contributed by atoms with van der Waals surface area (Å²) < 4.78 is 35.5. The Bertz CT molecular complexity index is 725. The Hall–Kier alpha value is -0.600. The summed E-state index contributed by atoms with van der Waals surface area (Å²) in [6.07, 6.45) is 18.7. The molecule has 6 nitrogen and oxygen atoms in total. The molecule has 0 spiro atoms. The van der Waals surface area contributed by atoms with Crippen molar-refractivity contribution >= 4 is 51.3 Å². The number of hydrogen-bond donors (Lipinski definition) is 2. The number of hydrogen-bond acceptors (Lipinski definition) is 5. The van der Waals surface area contributed by atoms with Crippen LogP contribution in [0, 0.1) is 0 Å². The Morgan fingerprint density at radius 2 is 1.27 bits per heavy atom. The van der Waals surface area contributed by atoms with Gasteiger partial charge in [-0.3, -0.25) is 4.55 Å². The van der Waals surface area contributed by atoms with Crippen molar-refractivity contribution in [3.63, 3.8) is 0 Å². The number of unbranched alkanes of at least 4 members (excludes halogenated alkanes) is 13. The summed E-state index contributed by atoms with van der Waals surface area (Å²) in [6, 6.07) is 6.68. The standard InChI is InChI=1S/C25H43NO5S.Na.H/c1-3-4-5-6-7-8-9-10-11-12-13-14-15-16-21-26-24-19-17-23(18-20-24)25(27)31-22(2)32(28,29)30;;/h17-20,22,26H,3-16,21H2,1-2H3,(H,28,29,30);;. The molecule has 0 radical (unpaired) electrons. The molecule has 0 aliphatic carbocycles. The average molecular weight is 494 g/mol. The van der Waals surface area contributed by atoms with E-state index in [0.29, 0.717) is 0 Å². The molecule has 8 heteroatoms. The molecule has 0 aromatic heterocycles. The van der Waals surface area contributed by atoms with E-state index in [0.717, 1.165) is 25.6 Å². The number of rotatable bonds is 19. The topological polar surface area (TPSA) is 92.7 Å². The predicted molar refractivity (Wildman–Crippen MR) is 139 cm³/mol. The van der Waals surface area contributed by atoms with E-state index in [-0.39, 0.29) is 35.1 Å². The first-order valence-electron chi connectivity index (χ1n) is 12.4. The van der Waals surface area contributed by atoms with Gasteiger partial charge in [0.2, 0.25) is 5.44 Å². The summed E-state index contributed by atoms with van der Waals surface area (Å²) in [5.41, 5.74) is -0.449. The van der Waals surface area contributed by atoms with Gasteiger partial charge in [-0.2, -0.15) is 8.42 Å². The molecule has 33 heavy (non-hydrogen) atoms. The fourth-order valence-electron chi connectivity index (χ4n) is 3.56. The minimum absolute atomic E-state index is 0. The summed E-state index contributed by atoms with van der Waals surface area (Å²) in [5.74, 6) is -0.784. The van der Waals surface area contributed by atoms with Crippen molar-refractivity contribution in [2.45, 2.75) is 109 Å². The first kappa shape index (κ1) is 32.4. The third kappa shape index (κ3) is 16.6. The average Bonchev–Trinajstić information content (AvgIpc) is 2.76. The van der Waals surface area contributed by atoms with Crippen molar-refractivity contribution in [3.05, 3.63) is 29.8 Å². The molecule has 0 saturated carbocycles. The fourth-order valence-corrected chi connectivity index (χ4v) is 3.77. The van der Waals surface area contributed by atoms with Crippen molar-refractivity contribution in [2.24, 2.45) is 0 Å². The zero-order valence-electron chi connectivity index (χ0n) is 20.0. The summed E-state index contributed by atoms with van der Waals surface area (Å²) in [4.78, 5) is 11.9. The Morgan fingerprint density at radius 3 is 1.70 bits per heavy atom. The van der Waals surface area contributed by atoms with Gasteiger partial charge in [0.05, 0.1) is 5.56 Å². The van der Waals surface area contributed by atoms with Crippen LogP contribution in [0.4, 0.5) is 5.69 Å². The zero-order chi connectivity index (χ0) is 23.7. The van der Waals surface area contributed by atoms with Gasteiger partial charge in [0.15, 0.2) is 0 Å². The third-order valence-electron chi connectivity index (χ3n) is 5.67. The molecular formula is C25H44NNaO5S. The van der Waals surface area contributed by atoms with E-state index in [4.69, 9.17) is 9.29 Å². The van der Waals surface area contributed by atoms with Gasteiger partial charge in [-0.1, -0.05) is 90.4 Å². The van der Waals surface area contributed by atoms with E-state index in [1.54, 1.807) is 24.3 Å².